The SMILES string of the molecule is CNc1cc(Nc2cccnc2OC)nc2c(C(=O)NCCC3CCCO3)cnn12.COc1ncccc1Nc1cc(N(C)C(=O)OC(C)(C)C)n2ncc(C(=O)NCCC3CCCO3)c2n1.COc1ncccc1Nc1cc(N(C)C(=O)OC(C)(C)C)n2ncc(C(=O)O)c2n1.N#CCC1CCCO1.NCCC1CCCO1.NCCC1CCCO1.[B]C. The summed E-state index contributed by atoms with van der Waals surface area (Å²) in [5.74, 6) is 1.87. The second-order valence-corrected chi connectivity index (χ2v) is 30.4. The monoisotopic (exact) mass is 1700 g/mol. The van der Waals surface area contributed by atoms with Crippen molar-refractivity contribution >= 4 is 107 Å². The Kier molecular flexibility index (Phi) is 38.2. The van der Waals surface area contributed by atoms with E-state index in [9.17, 15) is 29.1 Å². The lowest BCUT2D eigenvalue weighted by Crippen LogP contribution is -2.35. The van der Waals surface area contributed by atoms with Gasteiger partial charge in [-0.15, -0.1) is 0 Å². The molecule has 5 aliphatic rings. The predicted molar refractivity (Wildman–Crippen MR) is 465 cm³/mol. The first-order valence-electron chi connectivity index (χ1n) is 41.0. The number of nitriles is 1. The van der Waals surface area contributed by atoms with E-state index in [1.165, 1.54) is 91.2 Å². The Morgan fingerprint density at radius 1 is 0.528 bits per heavy atom. The summed E-state index contributed by atoms with van der Waals surface area (Å²) in [5, 5.41) is 48.8. The lowest BCUT2D eigenvalue weighted by molar-refractivity contribution is 0.0577. The molecule has 2 radical (unpaired) electrons. The van der Waals surface area contributed by atoms with Gasteiger partial charge in [0.2, 0.25) is 17.6 Å². The lowest BCUT2D eigenvalue weighted by atomic mass is 10.2. The fourth-order valence-electron chi connectivity index (χ4n) is 13.0. The number of nitrogens with one attached hydrogen (secondary N) is 6. The number of pyridine rings is 3. The maximum atomic E-state index is 13.1. The molecule has 5 fully saturated rings. The number of nitrogens with two attached hydrogens (primary N) is 2. The van der Waals surface area contributed by atoms with Gasteiger partial charge in [0.1, 0.15) is 79.9 Å². The number of fused-ring (bicyclic) bond motifs is 3. The van der Waals surface area contributed by atoms with Gasteiger partial charge in [0, 0.05) is 104 Å². The van der Waals surface area contributed by atoms with Crippen molar-refractivity contribution in [1.29, 1.82) is 5.26 Å². The van der Waals surface area contributed by atoms with Crippen molar-refractivity contribution in [3.05, 3.63) is 108 Å². The number of amides is 4. The van der Waals surface area contributed by atoms with Crippen LogP contribution in [0, 0.1) is 11.3 Å². The summed E-state index contributed by atoms with van der Waals surface area (Å²) in [7, 11) is 13.9. The zero-order valence-electron chi connectivity index (χ0n) is 72.5. The van der Waals surface area contributed by atoms with E-state index in [4.69, 9.17) is 64.1 Å². The van der Waals surface area contributed by atoms with E-state index >= 15 is 0 Å². The fourth-order valence-corrected chi connectivity index (χ4v) is 13.0. The number of carbonyl (C=O) groups excluding carboxylic acids is 4. The fraction of sp³-hybridized carbons (Fsp3) is 0.530. The molecule has 14 rings (SSSR count). The van der Waals surface area contributed by atoms with Crippen molar-refractivity contribution in [1.82, 2.24) is 69.4 Å². The van der Waals surface area contributed by atoms with Crippen LogP contribution in [-0.2, 0) is 33.2 Å². The molecular formula is C83H118BN23O16. The first-order valence-corrected chi connectivity index (χ1v) is 41.0. The molecule has 0 spiro atoms. The van der Waals surface area contributed by atoms with Gasteiger partial charge in [-0.1, -0.05) is 6.82 Å². The van der Waals surface area contributed by atoms with Gasteiger partial charge in [-0.25, -0.2) is 44.3 Å². The van der Waals surface area contributed by atoms with E-state index in [1.807, 2.05) is 6.07 Å². The van der Waals surface area contributed by atoms with Crippen LogP contribution in [0.25, 0.3) is 16.9 Å². The highest BCUT2D eigenvalue weighted by atomic mass is 16.6. The van der Waals surface area contributed by atoms with Crippen LogP contribution in [0.1, 0.15) is 169 Å². The van der Waals surface area contributed by atoms with Gasteiger partial charge in [-0.2, -0.15) is 34.1 Å². The topological polar surface area (TPSA) is 482 Å². The number of rotatable bonds is 26. The third-order valence-corrected chi connectivity index (χ3v) is 19.0. The van der Waals surface area contributed by atoms with Crippen LogP contribution in [0.4, 0.5) is 61.6 Å². The second-order valence-electron chi connectivity index (χ2n) is 30.4. The first kappa shape index (κ1) is 96.6. The van der Waals surface area contributed by atoms with E-state index in [0.717, 1.165) is 110 Å². The second kappa shape index (κ2) is 48.7. The van der Waals surface area contributed by atoms with Crippen LogP contribution in [0.15, 0.2) is 91.8 Å². The van der Waals surface area contributed by atoms with Crippen LogP contribution in [0.2, 0.25) is 6.82 Å². The van der Waals surface area contributed by atoms with Gasteiger partial charge < -0.3 is 95.8 Å². The number of carboxylic acids is 1. The van der Waals surface area contributed by atoms with Crippen molar-refractivity contribution in [2.24, 2.45) is 11.5 Å². The molecule has 0 aliphatic carbocycles. The van der Waals surface area contributed by atoms with Crippen molar-refractivity contribution in [2.75, 3.05) is 133 Å². The van der Waals surface area contributed by atoms with Gasteiger partial charge >= 0.3 is 18.2 Å². The van der Waals surface area contributed by atoms with Gasteiger partial charge in [0.15, 0.2) is 16.9 Å². The third-order valence-electron chi connectivity index (χ3n) is 19.0. The number of hydrogen-bond acceptors (Lipinski definition) is 31. The Bertz CT molecular complexity index is 4850. The Balaban J connectivity index is 0.000000199. The van der Waals surface area contributed by atoms with Gasteiger partial charge in [0.25, 0.3) is 11.8 Å². The first-order chi connectivity index (χ1) is 59.2. The number of ether oxygens (including phenoxy) is 10. The minimum Gasteiger partial charge on any atom is -0.480 e. The molecule has 0 bridgehead atoms. The van der Waals surface area contributed by atoms with E-state index in [-0.39, 0.29) is 64.2 Å². The molecule has 11 N–H and O–H groups in total. The Morgan fingerprint density at radius 3 is 1.19 bits per heavy atom. The number of anilines is 9. The Labute approximate surface area is 717 Å². The smallest absolute Gasteiger partial charge is 0.415 e. The number of methoxy groups -OCH3 is 3. The third kappa shape index (κ3) is 29.2. The summed E-state index contributed by atoms with van der Waals surface area (Å²) in [6, 6.07) is 17.7. The zero-order chi connectivity index (χ0) is 89.0. The molecule has 5 unspecified atom stereocenters. The van der Waals surface area contributed by atoms with Crippen LogP contribution in [-0.4, -0.2) is 245 Å². The molecule has 40 heteroatoms. The molecule has 664 valence electrons. The Morgan fingerprint density at radius 2 is 0.862 bits per heavy atom. The predicted octanol–water partition coefficient (Wildman–Crippen LogP) is 11.0. The summed E-state index contributed by atoms with van der Waals surface area (Å²) in [6.07, 6.45) is 24.8. The molecule has 5 saturated heterocycles. The molecule has 9 aromatic heterocycles. The molecule has 39 nitrogen and oxygen atoms in total. The number of aromatic carboxylic acids is 1. The number of carboxylic acid groups (broad SMARTS) is 1. The van der Waals surface area contributed by atoms with Crippen LogP contribution >= 0.6 is 0 Å². The average molecular weight is 1700 g/mol. The van der Waals surface area contributed by atoms with Crippen molar-refractivity contribution in [2.45, 2.75) is 186 Å². The molecule has 123 heavy (non-hydrogen) atoms. The standard InChI is InChI=1S/C25H33N7O5.C20H25N7O3.C19H22N6O5.2C6H13NO.C6H9NO.CH3B/c1-25(2,3)37-24(34)31(4)20-14-19(29-18-9-6-11-27-23(18)35-5)30-21-17(15-28-32(20)21)22(33)26-12-10-16-8-7-13-36-16;1-21-17-11-16(25-15-6-3-8-23-20(15)29-2)26-18-14(12-24-27(17)18)19(28)22-9-7-13-5-4-10-30-13;1-19(2,3)30-18(28)24(4)14-9-13(22-12-7-6-8-20-16(12)29-5)23-15-11(17(26)27)10-21-25(14)15;3*7-4-3-6-2-1-5-8-6;1-2/h6,9,11,14-16H,7-8,10,12-13H2,1-5H3,(H,26,33)(H,29,30);3,6,8,11-13,21H,4-5,7,9-10H2,1-2H3,(H,22,28)(H,25,26);6-10H,1-5H3,(H,22,23)(H,26,27);2*6H,1-5,7H2;6H,1-3,5H2;1H3. The summed E-state index contributed by atoms with van der Waals surface area (Å²) in [4.78, 5) is 91.5. The molecule has 14 heterocycles. The maximum absolute atomic E-state index is 13.1. The van der Waals surface area contributed by atoms with Gasteiger partial charge in [-0.05, 0) is 181 Å². The van der Waals surface area contributed by atoms with Crippen molar-refractivity contribution in [3.8, 4) is 23.7 Å². The Hall–Kier alpha value is -11.9. The summed E-state index contributed by atoms with van der Waals surface area (Å²) in [6.45, 7) is 19.0. The van der Waals surface area contributed by atoms with Crippen LogP contribution in [0.3, 0.4) is 0 Å². The molecule has 0 aromatic carbocycles. The van der Waals surface area contributed by atoms with Crippen molar-refractivity contribution in [3.63, 3.8) is 0 Å². The number of aromatic nitrogens is 12. The zero-order valence-corrected chi connectivity index (χ0v) is 72.5. The maximum Gasteiger partial charge on any atom is 0.415 e. The van der Waals surface area contributed by atoms with Crippen LogP contribution in [0.5, 0.6) is 17.6 Å². The molecule has 5 atom stereocenters. The lowest BCUT2D eigenvalue weighted by Gasteiger charge is -2.25. The van der Waals surface area contributed by atoms with E-state index in [0.29, 0.717) is 101 Å². The molecule has 4 amide bonds. The number of nitrogens with zero attached hydrogens (tertiary/aromatic N) is 15. The van der Waals surface area contributed by atoms with Crippen molar-refractivity contribution < 1.29 is 76.4 Å². The minimum atomic E-state index is -1.19. The highest BCUT2D eigenvalue weighted by Gasteiger charge is 2.30. The molecule has 5 aliphatic heterocycles. The van der Waals surface area contributed by atoms with Gasteiger partial charge in [0.05, 0.1) is 90.8 Å². The summed E-state index contributed by atoms with van der Waals surface area (Å²) >= 11 is 0. The molecular weight excluding hydrogens is 1590 g/mol. The number of hydrogen-bond donors (Lipinski definition) is 9. The quantitative estimate of drug-likeness (QED) is 0.0227. The van der Waals surface area contributed by atoms with Crippen LogP contribution < -0.4 is 67.4 Å². The van der Waals surface area contributed by atoms with E-state index < -0.39 is 29.4 Å². The largest absolute Gasteiger partial charge is 0.480 e. The van der Waals surface area contributed by atoms with Gasteiger partial charge in [-0.3, -0.25) is 19.4 Å². The molecule has 9 aromatic rings. The average Bonchev–Trinajstić information content (AvgIpc) is 1.51. The van der Waals surface area contributed by atoms with E-state index in [1.54, 1.807) is 134 Å². The number of carbonyl (C=O) groups is 5. The highest BCUT2D eigenvalue weighted by molar-refractivity contribution is 6.05. The summed E-state index contributed by atoms with van der Waals surface area (Å²) in [5.41, 5.74) is 12.3. The van der Waals surface area contributed by atoms with E-state index in [2.05, 4.69) is 91.0 Å². The highest BCUT2D eigenvalue weighted by Crippen LogP contribution is 2.33. The normalized spacial score (nSPS) is 16.8. The molecule has 0 saturated carbocycles. The summed E-state index contributed by atoms with van der Waals surface area (Å²) < 4.78 is 58.1. The minimum absolute atomic E-state index is 0.0563.